The van der Waals surface area contributed by atoms with Crippen molar-refractivity contribution in [3.05, 3.63) is 99.9 Å². The molecule has 0 fully saturated rings. The summed E-state index contributed by atoms with van der Waals surface area (Å²) in [5, 5.41) is 12.4. The molecule has 1 aliphatic rings. The van der Waals surface area contributed by atoms with Gasteiger partial charge in [0.15, 0.2) is 23.3 Å². The number of benzene rings is 3. The highest BCUT2D eigenvalue weighted by molar-refractivity contribution is 7.93. The van der Waals surface area contributed by atoms with Gasteiger partial charge in [-0.2, -0.15) is 0 Å². The Morgan fingerprint density at radius 1 is 0.667 bits per heavy atom. The van der Waals surface area contributed by atoms with Crippen molar-refractivity contribution in [1.82, 2.24) is 0 Å². The van der Waals surface area contributed by atoms with E-state index in [4.69, 9.17) is 0 Å². The highest BCUT2D eigenvalue weighted by Gasteiger charge is 2.52. The first kappa shape index (κ1) is 22.7. The van der Waals surface area contributed by atoms with Crippen molar-refractivity contribution in [2.75, 3.05) is 6.66 Å². The van der Waals surface area contributed by atoms with Crippen LogP contribution < -0.4 is 15.7 Å². The molecule has 168 valence electrons. The van der Waals surface area contributed by atoms with E-state index in [9.17, 15) is 41.0 Å². The standard InChI is InChI=1S/C23H11F6O3P/c1-33(12-5-3-2-4-6-12,13-8-10(24)7-11(25)9-13)23-21(31)15-14(20(30)22(23)32)16(26)18(28)19(29)17(15)27/h2-9H,1H3. The lowest BCUT2D eigenvalue weighted by Crippen LogP contribution is -2.36. The minimum atomic E-state index is -3.66. The van der Waals surface area contributed by atoms with Crippen molar-refractivity contribution in [1.29, 1.82) is 0 Å². The van der Waals surface area contributed by atoms with Crippen LogP contribution in [0.25, 0.3) is 5.76 Å². The van der Waals surface area contributed by atoms with E-state index in [1.807, 2.05) is 0 Å². The van der Waals surface area contributed by atoms with Crippen LogP contribution in [0.2, 0.25) is 0 Å². The molecule has 0 N–H and O–H groups in total. The third-order valence-electron chi connectivity index (χ3n) is 5.44. The fourth-order valence-corrected chi connectivity index (χ4v) is 7.21. The first-order chi connectivity index (χ1) is 15.5. The van der Waals surface area contributed by atoms with E-state index < -0.39 is 75.9 Å². The number of halogens is 6. The number of ketones is 2. The average molecular weight is 480 g/mol. The van der Waals surface area contributed by atoms with Gasteiger partial charge in [0.05, 0.1) is 12.2 Å². The van der Waals surface area contributed by atoms with Crippen LogP contribution in [0.4, 0.5) is 26.3 Å². The lowest BCUT2D eigenvalue weighted by molar-refractivity contribution is -0.244. The predicted octanol–water partition coefficient (Wildman–Crippen LogP) is 3.61. The Morgan fingerprint density at radius 2 is 1.18 bits per heavy atom. The minimum Gasteiger partial charge on any atom is -0.869 e. The van der Waals surface area contributed by atoms with E-state index in [0.717, 1.165) is 12.1 Å². The molecule has 0 heterocycles. The summed E-state index contributed by atoms with van der Waals surface area (Å²) in [4.78, 5) is 25.8. The largest absolute Gasteiger partial charge is 0.869 e. The molecule has 3 aromatic carbocycles. The molecule has 0 saturated carbocycles. The van der Waals surface area contributed by atoms with Crippen molar-refractivity contribution in [2.45, 2.75) is 0 Å². The van der Waals surface area contributed by atoms with Gasteiger partial charge >= 0.3 is 0 Å². The normalized spacial score (nSPS) is 15.5. The van der Waals surface area contributed by atoms with Crippen LogP contribution >= 0.6 is 7.26 Å². The van der Waals surface area contributed by atoms with E-state index in [1.165, 1.54) is 30.9 Å². The number of fused-ring (bicyclic) bond motifs is 1. The van der Waals surface area contributed by atoms with E-state index in [-0.39, 0.29) is 10.6 Å². The molecule has 3 aromatic rings. The van der Waals surface area contributed by atoms with Gasteiger partial charge in [0.25, 0.3) is 5.78 Å². The molecule has 10 heteroatoms. The topological polar surface area (TPSA) is 57.2 Å². The van der Waals surface area contributed by atoms with Crippen molar-refractivity contribution in [3.8, 4) is 0 Å². The smallest absolute Gasteiger partial charge is 0.268 e. The van der Waals surface area contributed by atoms with Gasteiger partial charge in [0.2, 0.25) is 5.78 Å². The van der Waals surface area contributed by atoms with Gasteiger partial charge in [-0.15, -0.1) is 0 Å². The van der Waals surface area contributed by atoms with Gasteiger partial charge in [0.1, 0.15) is 34.8 Å². The van der Waals surface area contributed by atoms with Crippen LogP contribution in [0.1, 0.15) is 15.9 Å². The third-order valence-corrected chi connectivity index (χ3v) is 9.36. The number of Topliss-reactive ketones (excluding diaryl/α,β-unsaturated/α-hetero) is 2. The third kappa shape index (κ3) is 3.26. The second kappa shape index (κ2) is 7.85. The van der Waals surface area contributed by atoms with Crippen LogP contribution in [-0.2, 0) is 4.79 Å². The Bertz CT molecular complexity index is 1370. The molecule has 1 unspecified atom stereocenters. The highest BCUT2D eigenvalue weighted by Crippen LogP contribution is 2.63. The second-order valence-corrected chi connectivity index (χ2v) is 10.8. The van der Waals surface area contributed by atoms with E-state index in [0.29, 0.717) is 6.07 Å². The zero-order chi connectivity index (χ0) is 24.2. The van der Waals surface area contributed by atoms with Gasteiger partial charge in [-0.25, -0.2) is 26.3 Å². The van der Waals surface area contributed by atoms with Crippen molar-refractivity contribution in [3.63, 3.8) is 0 Å². The first-order valence-corrected chi connectivity index (χ1v) is 11.5. The Labute approximate surface area is 183 Å². The molecule has 1 aliphatic carbocycles. The summed E-state index contributed by atoms with van der Waals surface area (Å²) in [7, 11) is -3.66. The van der Waals surface area contributed by atoms with Gasteiger partial charge in [-0.05, 0) is 17.9 Å². The predicted molar refractivity (Wildman–Crippen MR) is 107 cm³/mol. The van der Waals surface area contributed by atoms with Crippen LogP contribution in [0.3, 0.4) is 0 Å². The number of hydrogen-bond donors (Lipinski definition) is 0. The van der Waals surface area contributed by atoms with E-state index in [1.54, 1.807) is 6.07 Å². The molecule has 0 aromatic heterocycles. The van der Waals surface area contributed by atoms with Crippen LogP contribution in [-0.4, -0.2) is 18.2 Å². The maximum Gasteiger partial charge on any atom is 0.268 e. The minimum absolute atomic E-state index is 0.192. The zero-order valence-corrected chi connectivity index (χ0v) is 17.5. The fourth-order valence-electron chi connectivity index (χ4n) is 3.84. The van der Waals surface area contributed by atoms with E-state index >= 15 is 0 Å². The second-order valence-electron chi connectivity index (χ2n) is 7.31. The average Bonchev–Trinajstić information content (AvgIpc) is 2.78. The van der Waals surface area contributed by atoms with Crippen LogP contribution in [0.5, 0.6) is 0 Å². The maximum absolute atomic E-state index is 14.6. The number of hydrogen-bond acceptors (Lipinski definition) is 3. The number of carbonyl (C=O) groups is 2. The maximum atomic E-state index is 14.6. The summed E-state index contributed by atoms with van der Waals surface area (Å²) >= 11 is 0. The lowest BCUT2D eigenvalue weighted by atomic mass is 9.92. The van der Waals surface area contributed by atoms with Gasteiger partial charge in [0, 0.05) is 23.8 Å². The van der Waals surface area contributed by atoms with Gasteiger partial charge < -0.3 is 5.11 Å². The van der Waals surface area contributed by atoms with Gasteiger partial charge in [-0.3, -0.25) is 9.59 Å². The van der Waals surface area contributed by atoms with Crippen LogP contribution in [0, 0.1) is 34.9 Å². The molecule has 1 atom stereocenters. The Kier molecular flexibility index (Phi) is 5.41. The molecule has 0 amide bonds. The van der Waals surface area contributed by atoms with Crippen molar-refractivity contribution < 1.29 is 41.0 Å². The molecule has 3 nitrogen and oxygen atoms in total. The fraction of sp³-hybridized carbons (Fsp3) is 0.0435. The Balaban J connectivity index is 2.17. The van der Waals surface area contributed by atoms with E-state index in [2.05, 4.69) is 0 Å². The first-order valence-electron chi connectivity index (χ1n) is 9.26. The number of allylic oxidation sites excluding steroid dienone is 1. The molecule has 4 rings (SSSR count). The highest BCUT2D eigenvalue weighted by atomic mass is 31.2. The molecule has 33 heavy (non-hydrogen) atoms. The summed E-state index contributed by atoms with van der Waals surface area (Å²) < 4.78 is 84.7. The Morgan fingerprint density at radius 3 is 1.73 bits per heavy atom. The molecule has 0 aliphatic heterocycles. The molecule has 0 spiro atoms. The lowest BCUT2D eigenvalue weighted by Gasteiger charge is -2.32. The summed E-state index contributed by atoms with van der Waals surface area (Å²) in [5.41, 5.74) is -2.96. The summed E-state index contributed by atoms with van der Waals surface area (Å²) in [6, 6.07) is 9.64. The Hall–Kier alpha value is -3.45. The molecule has 0 saturated heterocycles. The SMILES string of the molecule is C[P+](C1=C([O-])c2c(F)c(F)c(F)c(F)c2C(=O)C1=O)(c1ccccc1)c1cc(F)cc(F)c1. The molecule has 0 bridgehead atoms. The summed E-state index contributed by atoms with van der Waals surface area (Å²) in [6.07, 6.45) is 0. The molecular weight excluding hydrogens is 469 g/mol. The monoisotopic (exact) mass is 480 g/mol. The molecule has 0 radical (unpaired) electrons. The quantitative estimate of drug-likeness (QED) is 0.189. The number of rotatable bonds is 3. The van der Waals surface area contributed by atoms with Crippen LogP contribution in [0.15, 0.2) is 53.8 Å². The summed E-state index contributed by atoms with van der Waals surface area (Å²) in [5.74, 6) is -16.0. The summed E-state index contributed by atoms with van der Waals surface area (Å²) in [6.45, 7) is 1.29. The van der Waals surface area contributed by atoms with Crippen molar-refractivity contribution >= 4 is 35.2 Å². The number of carbonyl (C=O) groups excluding carboxylic acids is 2. The zero-order valence-electron chi connectivity index (χ0n) is 16.6. The van der Waals surface area contributed by atoms with Gasteiger partial charge in [-0.1, -0.05) is 18.2 Å². The van der Waals surface area contributed by atoms with Crippen molar-refractivity contribution in [2.24, 2.45) is 0 Å². The molecular formula is C23H11F6O3P.